The Morgan fingerprint density at radius 2 is 1.53 bits per heavy atom. The fraction of sp³-hybridized carbons (Fsp3) is 0.462. The van der Waals surface area contributed by atoms with Crippen LogP contribution in [0.4, 0.5) is 0 Å². The lowest BCUT2D eigenvalue weighted by Gasteiger charge is -2.07. The predicted molar refractivity (Wildman–Crippen MR) is 120 cm³/mol. The van der Waals surface area contributed by atoms with Gasteiger partial charge in [-0.2, -0.15) is 0 Å². The number of aldehydes is 2. The Bertz CT molecular complexity index is 839. The van der Waals surface area contributed by atoms with Crippen LogP contribution in [-0.2, 0) is 17.8 Å². The van der Waals surface area contributed by atoms with Crippen LogP contribution in [0.15, 0.2) is 42.7 Å². The molecular formula is C26H33NO5. The number of aryl methyl sites for hydroxylation is 2. The van der Waals surface area contributed by atoms with Crippen LogP contribution in [-0.4, -0.2) is 25.1 Å². The van der Waals surface area contributed by atoms with E-state index in [-0.39, 0.29) is 6.42 Å². The number of benzene rings is 1. The molecule has 0 amide bonds. The summed E-state index contributed by atoms with van der Waals surface area (Å²) in [6.07, 6.45) is 15.2. The van der Waals surface area contributed by atoms with Crippen molar-refractivity contribution in [2.45, 2.75) is 70.8 Å². The van der Waals surface area contributed by atoms with E-state index in [9.17, 15) is 19.5 Å². The number of nitrogens with zero attached hydrogens (tertiary/aromatic N) is 1. The van der Waals surface area contributed by atoms with Gasteiger partial charge in [-0.15, -0.1) is 0 Å². The Morgan fingerprint density at radius 3 is 2.16 bits per heavy atom. The summed E-state index contributed by atoms with van der Waals surface area (Å²) in [7, 11) is 0. The first-order valence-corrected chi connectivity index (χ1v) is 11.5. The van der Waals surface area contributed by atoms with Crippen LogP contribution >= 0.6 is 0 Å². The molecule has 0 unspecified atom stereocenters. The molecule has 0 radical (unpaired) electrons. The highest BCUT2D eigenvalue weighted by Crippen LogP contribution is 2.16. The van der Waals surface area contributed by atoms with Crippen molar-refractivity contribution < 1.29 is 28.8 Å². The van der Waals surface area contributed by atoms with Gasteiger partial charge in [-0.05, 0) is 49.9 Å². The van der Waals surface area contributed by atoms with Gasteiger partial charge in [0, 0.05) is 35.1 Å². The number of carbonyl (C=O) groups is 3. The number of pyridine rings is 1. The quantitative estimate of drug-likeness (QED) is 0.214. The maximum Gasteiger partial charge on any atom is 0.171 e. The summed E-state index contributed by atoms with van der Waals surface area (Å²) in [5, 5.41) is 10.6. The van der Waals surface area contributed by atoms with E-state index < -0.39 is 5.97 Å². The first-order valence-electron chi connectivity index (χ1n) is 11.5. The van der Waals surface area contributed by atoms with Crippen LogP contribution in [0.3, 0.4) is 0 Å². The van der Waals surface area contributed by atoms with Gasteiger partial charge in [0.2, 0.25) is 0 Å². The van der Waals surface area contributed by atoms with Gasteiger partial charge in [0.05, 0.1) is 6.61 Å². The number of carbonyl (C=O) groups excluding carboxylic acids is 3. The van der Waals surface area contributed by atoms with Crippen molar-refractivity contribution in [3.8, 4) is 5.75 Å². The van der Waals surface area contributed by atoms with Crippen molar-refractivity contribution >= 4 is 18.5 Å². The molecule has 6 nitrogen and oxygen atoms in total. The van der Waals surface area contributed by atoms with E-state index in [1.165, 1.54) is 32.1 Å². The molecule has 0 aliphatic carbocycles. The zero-order chi connectivity index (χ0) is 23.0. The van der Waals surface area contributed by atoms with E-state index in [4.69, 9.17) is 4.74 Å². The first kappa shape index (κ1) is 25.2. The fourth-order valence-corrected chi connectivity index (χ4v) is 3.62. The summed E-state index contributed by atoms with van der Waals surface area (Å²) >= 11 is 0. The van der Waals surface area contributed by atoms with Crippen molar-refractivity contribution in [3.05, 3.63) is 59.4 Å². The molecule has 1 heterocycles. The second-order valence-electron chi connectivity index (χ2n) is 8.07. The van der Waals surface area contributed by atoms with Crippen LogP contribution in [0.2, 0.25) is 0 Å². The average molecular weight is 440 g/mol. The number of carboxylic acids is 1. The second-order valence-corrected chi connectivity index (χ2v) is 8.07. The number of ether oxygens (including phenoxy) is 1. The molecule has 0 N–H and O–H groups in total. The van der Waals surface area contributed by atoms with Crippen molar-refractivity contribution in [2.75, 3.05) is 6.61 Å². The van der Waals surface area contributed by atoms with E-state index in [0.29, 0.717) is 29.9 Å². The smallest absolute Gasteiger partial charge is 0.171 e. The molecule has 0 atom stereocenters. The van der Waals surface area contributed by atoms with Crippen molar-refractivity contribution in [1.82, 2.24) is 0 Å². The Hall–Kier alpha value is -3.02. The van der Waals surface area contributed by atoms with E-state index in [2.05, 4.69) is 4.57 Å². The maximum atomic E-state index is 10.9. The highest BCUT2D eigenvalue weighted by Gasteiger charge is 2.04. The molecule has 2 rings (SSSR count). The standard InChI is InChI=1S/C26H33NO5/c28-20-23-16-24(21-29)18-25(17-23)32-15-8-6-4-2-1-3-5-7-13-27-14-9-10-22(19-27)11-12-26(30)31/h9-10,14,16-21H,1-8,11-13,15H2. The molecule has 0 aliphatic rings. The van der Waals surface area contributed by atoms with Crippen molar-refractivity contribution in [3.63, 3.8) is 0 Å². The molecule has 172 valence electrons. The number of aliphatic carboxylic acids is 1. The molecule has 1 aromatic carbocycles. The highest BCUT2D eigenvalue weighted by atomic mass is 16.5. The molecule has 0 spiro atoms. The third-order valence-corrected chi connectivity index (χ3v) is 5.34. The lowest BCUT2D eigenvalue weighted by atomic mass is 10.1. The van der Waals surface area contributed by atoms with Gasteiger partial charge in [0.15, 0.2) is 12.4 Å². The Kier molecular flexibility index (Phi) is 11.7. The minimum absolute atomic E-state index is 0.0601. The third kappa shape index (κ3) is 10.3. The molecule has 32 heavy (non-hydrogen) atoms. The third-order valence-electron chi connectivity index (χ3n) is 5.34. The molecule has 0 fully saturated rings. The summed E-state index contributed by atoms with van der Waals surface area (Å²) in [5.41, 5.74) is 1.93. The van der Waals surface area contributed by atoms with Crippen LogP contribution < -0.4 is 14.4 Å². The van der Waals surface area contributed by atoms with Gasteiger partial charge in [0.1, 0.15) is 24.9 Å². The fourth-order valence-electron chi connectivity index (χ4n) is 3.62. The van der Waals surface area contributed by atoms with Gasteiger partial charge < -0.3 is 14.6 Å². The molecule has 0 saturated carbocycles. The number of hydrogen-bond acceptors (Lipinski definition) is 5. The first-order chi connectivity index (χ1) is 15.6. The second kappa shape index (κ2) is 14.9. The van der Waals surface area contributed by atoms with E-state index in [1.54, 1.807) is 18.2 Å². The molecule has 0 aliphatic heterocycles. The van der Waals surface area contributed by atoms with Crippen LogP contribution in [0.5, 0.6) is 5.75 Å². The number of unbranched alkanes of at least 4 members (excludes halogenated alkanes) is 7. The minimum Gasteiger partial charge on any atom is -0.550 e. The normalized spacial score (nSPS) is 10.6. The van der Waals surface area contributed by atoms with Crippen LogP contribution in [0, 0.1) is 0 Å². The van der Waals surface area contributed by atoms with Gasteiger partial charge in [-0.1, -0.05) is 32.1 Å². The Morgan fingerprint density at radius 1 is 0.906 bits per heavy atom. The van der Waals surface area contributed by atoms with E-state index >= 15 is 0 Å². The summed E-state index contributed by atoms with van der Waals surface area (Å²) in [6.45, 7) is 1.54. The van der Waals surface area contributed by atoms with Crippen LogP contribution in [0.25, 0.3) is 0 Å². The summed E-state index contributed by atoms with van der Waals surface area (Å²) in [6, 6.07) is 8.77. The van der Waals surface area contributed by atoms with Gasteiger partial charge >= 0.3 is 0 Å². The largest absolute Gasteiger partial charge is 0.550 e. The molecule has 0 bridgehead atoms. The van der Waals surface area contributed by atoms with Gasteiger partial charge in [-0.25, -0.2) is 4.57 Å². The van der Waals surface area contributed by atoms with E-state index in [1.807, 2.05) is 24.5 Å². The Balaban J connectivity index is 1.48. The lowest BCUT2D eigenvalue weighted by molar-refractivity contribution is -0.697. The van der Waals surface area contributed by atoms with E-state index in [0.717, 1.165) is 43.9 Å². The number of rotatable bonds is 17. The SMILES string of the molecule is O=Cc1cc(C=O)cc(OCCCCCCCCCC[n+]2cccc(CCC(=O)[O-])c2)c1. The Labute approximate surface area is 190 Å². The van der Waals surface area contributed by atoms with Crippen LogP contribution in [0.1, 0.15) is 84.1 Å². The highest BCUT2D eigenvalue weighted by molar-refractivity contribution is 5.83. The molecule has 2 aromatic rings. The summed E-state index contributed by atoms with van der Waals surface area (Å²) in [4.78, 5) is 32.4. The topological polar surface area (TPSA) is 87.4 Å². The zero-order valence-electron chi connectivity index (χ0n) is 18.7. The molecule has 6 heteroatoms. The maximum absolute atomic E-state index is 10.9. The molecule has 1 aromatic heterocycles. The number of aromatic nitrogens is 1. The van der Waals surface area contributed by atoms with Crippen molar-refractivity contribution in [2.24, 2.45) is 0 Å². The minimum atomic E-state index is -1.01. The molecule has 0 saturated heterocycles. The summed E-state index contributed by atoms with van der Waals surface area (Å²) in [5.74, 6) is -0.440. The average Bonchev–Trinajstić information content (AvgIpc) is 2.81. The number of carboxylic acid groups (broad SMARTS) is 1. The molecular weight excluding hydrogens is 406 g/mol. The predicted octanol–water partition coefficient (Wildman–Crippen LogP) is 3.48. The lowest BCUT2D eigenvalue weighted by Crippen LogP contribution is -2.33. The summed E-state index contributed by atoms with van der Waals surface area (Å²) < 4.78 is 7.81. The van der Waals surface area contributed by atoms with Gasteiger partial charge in [0.25, 0.3) is 0 Å². The number of hydrogen-bond donors (Lipinski definition) is 0. The van der Waals surface area contributed by atoms with Gasteiger partial charge in [-0.3, -0.25) is 9.59 Å². The monoisotopic (exact) mass is 439 g/mol. The zero-order valence-corrected chi connectivity index (χ0v) is 18.7. The van der Waals surface area contributed by atoms with Crippen molar-refractivity contribution in [1.29, 1.82) is 0 Å².